The first-order valence-corrected chi connectivity index (χ1v) is 33.3. The lowest BCUT2D eigenvalue weighted by Crippen LogP contribution is -2.38. The summed E-state index contributed by atoms with van der Waals surface area (Å²) in [6.45, 7) is 5.02. The molecular formula is C69H99Cl2N19O4S2. The maximum absolute atomic E-state index is 13.1. The van der Waals surface area contributed by atoms with Gasteiger partial charge in [-0.25, -0.2) is 19.9 Å². The first-order valence-electron chi connectivity index (χ1n) is 32.5. The van der Waals surface area contributed by atoms with E-state index < -0.39 is 17.9 Å². The normalized spacial score (nSPS) is 13.4. The fraction of sp³-hybridized carbons (Fsp3) is 0.449. The summed E-state index contributed by atoms with van der Waals surface area (Å²) in [5.74, 6) is -2.08. The summed E-state index contributed by atoms with van der Waals surface area (Å²) >= 11 is 11.7. The van der Waals surface area contributed by atoms with Gasteiger partial charge in [0, 0.05) is 30.4 Å². The number of halogens is 2. The van der Waals surface area contributed by atoms with Crippen LogP contribution in [-0.2, 0) is 73.8 Å². The van der Waals surface area contributed by atoms with Crippen molar-refractivity contribution in [1.82, 2.24) is 40.4 Å². The van der Waals surface area contributed by atoms with E-state index in [-0.39, 0.29) is 102 Å². The second-order valence-corrected chi connectivity index (χ2v) is 25.5. The van der Waals surface area contributed by atoms with E-state index in [2.05, 4.69) is 138 Å². The van der Waals surface area contributed by atoms with Crippen LogP contribution in [0.4, 0.5) is 34.6 Å². The van der Waals surface area contributed by atoms with E-state index in [0.29, 0.717) is 19.5 Å². The van der Waals surface area contributed by atoms with Crippen molar-refractivity contribution in [3.05, 3.63) is 150 Å². The average molecular weight is 1390 g/mol. The molecule has 0 bridgehead atoms. The number of unbranched alkanes of at least 4 members (excludes halogenated alkanes) is 2. The van der Waals surface area contributed by atoms with Crippen LogP contribution in [0.1, 0.15) is 148 Å². The highest BCUT2D eigenvalue weighted by Crippen LogP contribution is 2.32. The molecule has 0 aliphatic heterocycles. The molecule has 2 aromatic heterocycles. The van der Waals surface area contributed by atoms with Gasteiger partial charge in [-0.15, -0.1) is 0 Å². The lowest BCUT2D eigenvalue weighted by atomic mass is 9.81. The minimum absolute atomic E-state index is 0. The molecule has 27 heteroatoms. The largest absolute Gasteiger partial charge is 0.382 e. The van der Waals surface area contributed by atoms with Crippen LogP contribution in [0.3, 0.4) is 0 Å². The maximum Gasteiger partial charge on any atom is 0.280 e. The molecule has 0 spiro atoms. The van der Waals surface area contributed by atoms with E-state index in [1.54, 1.807) is 0 Å². The molecule has 2 aliphatic rings. The third-order valence-electron chi connectivity index (χ3n) is 16.8. The number of nitrogen functional groups attached to an aromatic ring is 4. The van der Waals surface area contributed by atoms with Crippen LogP contribution in [-0.4, -0.2) is 126 Å². The number of benzene rings is 4. The number of nitrogens with two attached hydrogens (primary N) is 7. The summed E-state index contributed by atoms with van der Waals surface area (Å²) in [6, 6.07) is 24.4. The van der Waals surface area contributed by atoms with Gasteiger partial charge in [0.05, 0.1) is 6.04 Å². The molecule has 18 N–H and O–H groups in total. The highest BCUT2D eigenvalue weighted by atomic mass is 35.5. The fourth-order valence-electron chi connectivity index (χ4n) is 11.7. The van der Waals surface area contributed by atoms with Crippen molar-refractivity contribution in [2.24, 2.45) is 33.1 Å². The smallest absolute Gasteiger partial charge is 0.280 e. The number of hydrogen-bond donors (Lipinski definition) is 11. The number of aryl methyl sites for hydroxylation is 4. The van der Waals surface area contributed by atoms with Crippen LogP contribution in [0, 0.1) is 5.92 Å². The zero-order chi connectivity index (χ0) is 67.8. The fourth-order valence-corrected chi connectivity index (χ4v) is 12.0. The summed E-state index contributed by atoms with van der Waals surface area (Å²) in [5.41, 5.74) is 55.3. The second kappa shape index (κ2) is 39.4. The molecule has 23 nitrogen and oxygen atoms in total. The summed E-state index contributed by atoms with van der Waals surface area (Å²) in [6.07, 6.45) is 19.5. The lowest BCUT2D eigenvalue weighted by Gasteiger charge is -2.24. The Morgan fingerprint density at radius 1 is 0.490 bits per heavy atom. The van der Waals surface area contributed by atoms with Crippen molar-refractivity contribution in [1.29, 1.82) is 0 Å². The number of carbonyl (C=O) groups excluding carboxylic acids is 4. The molecule has 0 fully saturated rings. The number of rotatable bonds is 28. The van der Waals surface area contributed by atoms with Gasteiger partial charge in [-0.1, -0.05) is 78.7 Å². The van der Waals surface area contributed by atoms with Gasteiger partial charge in [0.1, 0.15) is 0 Å². The van der Waals surface area contributed by atoms with Gasteiger partial charge in [0.25, 0.3) is 11.8 Å². The number of aliphatic imine (C=N–C) groups is 2. The first kappa shape index (κ1) is 78.9. The Labute approximate surface area is 589 Å². The Morgan fingerprint density at radius 2 is 0.854 bits per heavy atom. The molecule has 96 heavy (non-hydrogen) atoms. The van der Waals surface area contributed by atoms with E-state index >= 15 is 0 Å². The van der Waals surface area contributed by atoms with Crippen LogP contribution in [0.25, 0.3) is 0 Å². The Hall–Kier alpha value is -7.78. The molecule has 6 aromatic rings. The first-order chi connectivity index (χ1) is 45.0. The molecule has 0 saturated carbocycles. The number of anilines is 6. The van der Waals surface area contributed by atoms with Crippen LogP contribution in [0.5, 0.6) is 0 Å². The number of guanidine groups is 2. The van der Waals surface area contributed by atoms with Gasteiger partial charge in [-0.3, -0.25) is 39.8 Å². The highest BCUT2D eigenvalue weighted by Gasteiger charge is 2.24. The number of hydrogen-bond acceptors (Lipinski definition) is 17. The third kappa shape index (κ3) is 24.4. The molecule has 520 valence electrons. The van der Waals surface area contributed by atoms with Crippen molar-refractivity contribution in [3.63, 3.8) is 0 Å². The van der Waals surface area contributed by atoms with E-state index in [9.17, 15) is 19.2 Å². The number of carbonyl (C=O) groups is 4. The molecule has 2 aliphatic carbocycles. The molecule has 2 atom stereocenters. The van der Waals surface area contributed by atoms with Crippen LogP contribution >= 0.6 is 50.2 Å². The molecule has 8 rings (SSSR count). The van der Waals surface area contributed by atoms with E-state index in [1.807, 2.05) is 31.2 Å². The van der Waals surface area contributed by atoms with Crippen LogP contribution in [0.2, 0.25) is 10.3 Å². The molecule has 4 aromatic carbocycles. The van der Waals surface area contributed by atoms with Crippen LogP contribution in [0.15, 0.2) is 82.8 Å². The minimum Gasteiger partial charge on any atom is -0.382 e. The Morgan fingerprint density at radius 3 is 1.25 bits per heavy atom. The number of amides is 4. The molecule has 0 radical (unpaired) electrons. The topological polar surface area (TPSA) is 381 Å². The molecular weight excluding hydrogens is 1290 g/mol. The molecule has 4 amide bonds. The van der Waals surface area contributed by atoms with Crippen molar-refractivity contribution in [3.8, 4) is 0 Å². The zero-order valence-corrected chi connectivity index (χ0v) is 59.6. The van der Waals surface area contributed by atoms with Gasteiger partial charge >= 0.3 is 0 Å². The third-order valence-corrected chi connectivity index (χ3v) is 17.3. The number of nitrogens with one attached hydrogen (secondary N) is 4. The minimum atomic E-state index is -0.664. The SMILES string of the molecule is CN(C)CCCc1ccc(NC(=O)[C@@H](N)Cc2ccc(CCCCN=C(N)NC(=O)c3nc(Cl)c(N)nc3N)c3c2CCCC3)cc1.C[C@@H](Cc1ccc(CCCCN=C(N)NC(=O)c2nc(Cl)c(N)nc2N)c2c1CCCC2)C(=O)Nc1ccc(CCCN(C)C)cc1.S.S. The Balaban J connectivity index is 0.000000340. The van der Waals surface area contributed by atoms with Crippen molar-refractivity contribution < 1.29 is 19.2 Å². The zero-order valence-electron chi connectivity index (χ0n) is 56.1. The number of fused-ring (bicyclic) bond motifs is 2. The molecule has 0 unspecified atom stereocenters. The summed E-state index contributed by atoms with van der Waals surface area (Å²) < 4.78 is 0. The van der Waals surface area contributed by atoms with E-state index in [4.69, 9.17) is 63.3 Å². The summed E-state index contributed by atoms with van der Waals surface area (Å²) in [7, 11) is 8.33. The summed E-state index contributed by atoms with van der Waals surface area (Å²) in [5, 5.41) is 10.8. The van der Waals surface area contributed by atoms with Crippen molar-refractivity contribution in [2.45, 2.75) is 141 Å². The summed E-state index contributed by atoms with van der Waals surface area (Å²) in [4.78, 5) is 79.2. The lowest BCUT2D eigenvalue weighted by molar-refractivity contribution is -0.119. The van der Waals surface area contributed by atoms with Crippen molar-refractivity contribution >= 4 is 120 Å². The monoisotopic (exact) mass is 1390 g/mol. The Kier molecular flexibility index (Phi) is 32.4. The molecule has 2 heterocycles. The van der Waals surface area contributed by atoms with E-state index in [1.165, 1.54) is 62.9 Å². The predicted molar refractivity (Wildman–Crippen MR) is 401 cm³/mol. The van der Waals surface area contributed by atoms with Gasteiger partial charge in [-0.05, 0) is 250 Å². The molecule has 0 saturated heterocycles. The second-order valence-electron chi connectivity index (χ2n) is 24.8. The van der Waals surface area contributed by atoms with Gasteiger partial charge in [0.15, 0.2) is 56.9 Å². The number of nitrogens with zero attached hydrogens (tertiary/aromatic N) is 8. The van der Waals surface area contributed by atoms with Gasteiger partial charge in [-0.2, -0.15) is 27.0 Å². The maximum atomic E-state index is 13.1. The standard InChI is InChI=1S/C35H48ClN9O2.C34H47ClN10O2.2H2S/c1-22(33(46)41-26-17-13-23(14-18-26)9-8-20-45(2)3)21-25-16-15-24(27-11-4-5-12-28(25)27)10-6-7-19-40-35(39)44-34(47)29-31(37)43-32(38)30(36)42-29;1-45(2)19-7-8-21-12-16-24(17-13-21)41-32(46)27(36)20-23-15-14-22(25-10-3-4-11-26(23)25)9-5-6-18-40-34(39)44-33(47)28-30(37)43-31(38)29(35)42-28;;/h13-18,22H,4-12,19-21H2,1-3H3,(H,41,46)(H4,37,38,43)(H3,39,40,44,47);12-17,27H,3-11,18-20,36H2,1-2H3,(H,41,46)(H4,37,38,43)(H3,39,40,44,47);2*1H2/t22-;27-;;/m00../s1. The van der Waals surface area contributed by atoms with E-state index in [0.717, 1.165) is 139 Å². The quantitative estimate of drug-likeness (QED) is 0.0126. The number of aromatic nitrogens is 4. The van der Waals surface area contributed by atoms with Crippen molar-refractivity contribution in [2.75, 3.05) is 87.9 Å². The van der Waals surface area contributed by atoms with Gasteiger partial charge < -0.3 is 60.6 Å². The highest BCUT2D eigenvalue weighted by molar-refractivity contribution is 7.59. The predicted octanol–water partition coefficient (Wildman–Crippen LogP) is 8.02. The Bertz CT molecular complexity index is 3400. The van der Waals surface area contributed by atoms with Gasteiger partial charge in [0.2, 0.25) is 11.8 Å². The average Bonchev–Trinajstić information content (AvgIpc) is 0.841. The van der Waals surface area contributed by atoms with Crippen LogP contribution < -0.4 is 61.4 Å².